The second-order valence-electron chi connectivity index (χ2n) is 8.00. The van der Waals surface area contributed by atoms with Crippen molar-refractivity contribution in [2.24, 2.45) is 0 Å². The van der Waals surface area contributed by atoms with Crippen LogP contribution in [0.4, 0.5) is 0 Å². The third-order valence-electron chi connectivity index (χ3n) is 5.72. The van der Waals surface area contributed by atoms with Crippen molar-refractivity contribution in [2.75, 3.05) is 20.8 Å². The molecule has 5 nitrogen and oxygen atoms in total. The van der Waals surface area contributed by atoms with Crippen LogP contribution in [0.1, 0.15) is 29.8 Å². The standard InChI is InChI=1S/C27H29ClN2O3/c1-19-16-21(11-12-22(19)28)33-15-7-6-14-30-24-9-5-4-8-23(24)29-27(30)18-20-10-13-25(31-2)26(17-20)32-3/h4-5,8-13,16-17H,6-7,14-15,18H2,1-3H3. The van der Waals surface area contributed by atoms with Crippen LogP contribution in [0.25, 0.3) is 11.0 Å². The predicted molar refractivity (Wildman–Crippen MR) is 133 cm³/mol. The number of ether oxygens (including phenoxy) is 3. The summed E-state index contributed by atoms with van der Waals surface area (Å²) in [4.78, 5) is 4.92. The molecule has 0 saturated carbocycles. The van der Waals surface area contributed by atoms with Crippen LogP contribution in [0.15, 0.2) is 60.7 Å². The molecule has 0 atom stereocenters. The van der Waals surface area contributed by atoms with Crippen LogP contribution in [0, 0.1) is 6.92 Å². The van der Waals surface area contributed by atoms with Crippen LogP contribution in [-0.2, 0) is 13.0 Å². The van der Waals surface area contributed by atoms with E-state index in [1.54, 1.807) is 14.2 Å². The van der Waals surface area contributed by atoms with E-state index in [0.29, 0.717) is 6.61 Å². The molecule has 0 fully saturated rings. The second-order valence-corrected chi connectivity index (χ2v) is 8.41. The molecular weight excluding hydrogens is 436 g/mol. The van der Waals surface area contributed by atoms with E-state index < -0.39 is 0 Å². The molecule has 0 aliphatic carbocycles. The zero-order valence-corrected chi connectivity index (χ0v) is 20.1. The summed E-state index contributed by atoms with van der Waals surface area (Å²) in [7, 11) is 3.30. The Labute approximate surface area is 199 Å². The van der Waals surface area contributed by atoms with Crippen LogP contribution in [0.2, 0.25) is 5.02 Å². The Bertz CT molecular complexity index is 1240. The molecule has 0 radical (unpaired) electrons. The summed E-state index contributed by atoms with van der Waals surface area (Å²) in [6.07, 6.45) is 2.66. The van der Waals surface area contributed by atoms with Gasteiger partial charge in [0.25, 0.3) is 0 Å². The van der Waals surface area contributed by atoms with Gasteiger partial charge in [-0.15, -0.1) is 0 Å². The van der Waals surface area contributed by atoms with Crippen molar-refractivity contribution < 1.29 is 14.2 Å². The van der Waals surface area contributed by atoms with Gasteiger partial charge in [-0.05, 0) is 73.4 Å². The van der Waals surface area contributed by atoms with Crippen molar-refractivity contribution in [1.29, 1.82) is 0 Å². The second kappa shape index (κ2) is 10.6. The van der Waals surface area contributed by atoms with E-state index in [9.17, 15) is 0 Å². The lowest BCUT2D eigenvalue weighted by Gasteiger charge is -2.12. The summed E-state index contributed by atoms with van der Waals surface area (Å²) in [5.74, 6) is 3.36. The van der Waals surface area contributed by atoms with E-state index in [0.717, 1.165) is 76.1 Å². The van der Waals surface area contributed by atoms with Gasteiger partial charge in [-0.25, -0.2) is 4.98 Å². The van der Waals surface area contributed by atoms with E-state index >= 15 is 0 Å². The van der Waals surface area contributed by atoms with Crippen molar-refractivity contribution in [3.05, 3.63) is 82.6 Å². The molecule has 0 saturated heterocycles. The number of halogens is 1. The Morgan fingerprint density at radius 1 is 0.909 bits per heavy atom. The summed E-state index contributed by atoms with van der Waals surface area (Å²) < 4.78 is 19.1. The molecule has 4 aromatic rings. The Balaban J connectivity index is 1.44. The topological polar surface area (TPSA) is 45.5 Å². The SMILES string of the molecule is COc1ccc(Cc2nc3ccccc3n2CCCCOc2ccc(Cl)c(C)c2)cc1OC. The number of hydrogen-bond donors (Lipinski definition) is 0. The van der Waals surface area contributed by atoms with Crippen LogP contribution < -0.4 is 14.2 Å². The van der Waals surface area contributed by atoms with Gasteiger partial charge in [0.1, 0.15) is 11.6 Å². The lowest BCUT2D eigenvalue weighted by molar-refractivity contribution is 0.303. The maximum atomic E-state index is 6.10. The average Bonchev–Trinajstić information content (AvgIpc) is 3.18. The molecule has 0 bridgehead atoms. The highest BCUT2D eigenvalue weighted by atomic mass is 35.5. The van der Waals surface area contributed by atoms with Gasteiger partial charge < -0.3 is 18.8 Å². The molecule has 0 N–H and O–H groups in total. The van der Waals surface area contributed by atoms with Crippen LogP contribution in [0.3, 0.4) is 0 Å². The van der Waals surface area contributed by atoms with Gasteiger partial charge in [-0.1, -0.05) is 29.8 Å². The quantitative estimate of drug-likeness (QED) is 0.252. The number of para-hydroxylation sites is 2. The Morgan fingerprint density at radius 3 is 2.52 bits per heavy atom. The van der Waals surface area contributed by atoms with E-state index in [4.69, 9.17) is 30.8 Å². The maximum Gasteiger partial charge on any atom is 0.161 e. The first-order chi connectivity index (χ1) is 16.1. The molecule has 0 amide bonds. The lowest BCUT2D eigenvalue weighted by Crippen LogP contribution is -2.07. The molecular formula is C27H29ClN2O3. The maximum absolute atomic E-state index is 6.10. The smallest absolute Gasteiger partial charge is 0.161 e. The minimum Gasteiger partial charge on any atom is -0.494 e. The number of unbranched alkanes of at least 4 members (excludes halogenated alkanes) is 1. The normalized spacial score (nSPS) is 11.0. The van der Waals surface area contributed by atoms with Gasteiger partial charge in [0.05, 0.1) is 31.9 Å². The third-order valence-corrected chi connectivity index (χ3v) is 6.14. The van der Waals surface area contributed by atoms with Crippen LogP contribution in [0.5, 0.6) is 17.2 Å². The highest BCUT2D eigenvalue weighted by Crippen LogP contribution is 2.29. The lowest BCUT2D eigenvalue weighted by atomic mass is 10.1. The van der Waals surface area contributed by atoms with Gasteiger partial charge in [-0.3, -0.25) is 0 Å². The summed E-state index contributed by atoms with van der Waals surface area (Å²) in [6, 6.07) is 20.1. The van der Waals surface area contributed by atoms with Crippen LogP contribution in [-0.4, -0.2) is 30.4 Å². The zero-order chi connectivity index (χ0) is 23.2. The fourth-order valence-corrected chi connectivity index (χ4v) is 4.07. The highest BCUT2D eigenvalue weighted by molar-refractivity contribution is 6.31. The number of nitrogens with zero attached hydrogens (tertiary/aromatic N) is 2. The largest absolute Gasteiger partial charge is 0.494 e. The molecule has 1 heterocycles. The Hall–Kier alpha value is -3.18. The van der Waals surface area contributed by atoms with E-state index in [1.165, 1.54) is 0 Å². The third kappa shape index (κ3) is 5.42. The van der Waals surface area contributed by atoms with Gasteiger partial charge in [0.2, 0.25) is 0 Å². The number of imidazole rings is 1. The summed E-state index contributed by atoms with van der Waals surface area (Å²) >= 11 is 6.10. The van der Waals surface area contributed by atoms with E-state index in [1.807, 2.05) is 43.3 Å². The number of aromatic nitrogens is 2. The van der Waals surface area contributed by atoms with Gasteiger partial charge in [0, 0.05) is 18.0 Å². The molecule has 33 heavy (non-hydrogen) atoms. The monoisotopic (exact) mass is 464 g/mol. The van der Waals surface area contributed by atoms with Crippen molar-refractivity contribution >= 4 is 22.6 Å². The van der Waals surface area contributed by atoms with Crippen molar-refractivity contribution in [3.63, 3.8) is 0 Å². The number of rotatable bonds is 10. The van der Waals surface area contributed by atoms with Gasteiger partial charge in [-0.2, -0.15) is 0 Å². The Kier molecular flexibility index (Phi) is 7.40. The van der Waals surface area contributed by atoms with E-state index in [-0.39, 0.29) is 0 Å². The zero-order valence-electron chi connectivity index (χ0n) is 19.3. The molecule has 3 aromatic carbocycles. The number of hydrogen-bond acceptors (Lipinski definition) is 4. The first-order valence-electron chi connectivity index (χ1n) is 11.1. The molecule has 0 unspecified atom stereocenters. The predicted octanol–water partition coefficient (Wildman–Crippen LogP) is 6.47. The molecule has 0 aliphatic rings. The fraction of sp³-hybridized carbons (Fsp3) is 0.296. The number of aryl methyl sites for hydroxylation is 2. The average molecular weight is 465 g/mol. The number of methoxy groups -OCH3 is 2. The molecule has 0 aliphatic heterocycles. The first kappa shape index (κ1) is 23.0. The first-order valence-corrected chi connectivity index (χ1v) is 11.5. The molecule has 0 spiro atoms. The number of fused-ring (bicyclic) bond motifs is 1. The minimum atomic E-state index is 0.665. The van der Waals surface area contributed by atoms with E-state index in [2.05, 4.69) is 28.8 Å². The van der Waals surface area contributed by atoms with Gasteiger partial charge in [0.15, 0.2) is 11.5 Å². The summed E-state index contributed by atoms with van der Waals surface area (Å²) in [5, 5.41) is 0.761. The van der Waals surface area contributed by atoms with Crippen molar-refractivity contribution in [2.45, 2.75) is 32.7 Å². The van der Waals surface area contributed by atoms with Gasteiger partial charge >= 0.3 is 0 Å². The number of benzene rings is 3. The van der Waals surface area contributed by atoms with Crippen LogP contribution >= 0.6 is 11.6 Å². The van der Waals surface area contributed by atoms with Crippen molar-refractivity contribution in [3.8, 4) is 17.2 Å². The minimum absolute atomic E-state index is 0.665. The molecule has 6 heteroatoms. The molecule has 4 rings (SSSR count). The molecule has 1 aromatic heterocycles. The molecule has 172 valence electrons. The summed E-state index contributed by atoms with van der Waals surface area (Å²) in [6.45, 7) is 3.53. The highest BCUT2D eigenvalue weighted by Gasteiger charge is 2.13. The fourth-order valence-electron chi connectivity index (χ4n) is 3.95. The van der Waals surface area contributed by atoms with Crippen molar-refractivity contribution in [1.82, 2.24) is 9.55 Å². The Morgan fingerprint density at radius 2 is 1.73 bits per heavy atom. The summed E-state index contributed by atoms with van der Waals surface area (Å²) in [5.41, 5.74) is 4.33.